The summed E-state index contributed by atoms with van der Waals surface area (Å²) >= 11 is 4.83. The van der Waals surface area contributed by atoms with Crippen molar-refractivity contribution in [3.8, 4) is 0 Å². The number of rotatable bonds is 3. The van der Waals surface area contributed by atoms with Gasteiger partial charge in [-0.25, -0.2) is 0 Å². The first kappa shape index (κ1) is 12.5. The number of likely N-dealkylation sites (tertiary alicyclic amines) is 1. The maximum Gasteiger partial charge on any atom is 0.233 e. The molecule has 3 unspecified atom stereocenters. The Bertz CT molecular complexity index is 359. The van der Waals surface area contributed by atoms with Crippen LogP contribution in [0.15, 0.2) is 0 Å². The number of imide groups is 1. The molecule has 17 heavy (non-hydrogen) atoms. The molecule has 2 aliphatic rings. The number of hydrogen-bond donors (Lipinski definition) is 1. The predicted molar refractivity (Wildman–Crippen MR) is 68.1 cm³/mol. The van der Waals surface area contributed by atoms with E-state index in [1.54, 1.807) is 0 Å². The molecule has 2 rings (SSSR count). The summed E-state index contributed by atoms with van der Waals surface area (Å²) in [4.78, 5) is 26.1. The summed E-state index contributed by atoms with van der Waals surface area (Å²) in [5.74, 6) is 0.254. The number of fused-ring (bicyclic) bond motifs is 1. The molecule has 0 aromatic heterocycles. The summed E-state index contributed by atoms with van der Waals surface area (Å²) < 4.78 is 0. The van der Waals surface area contributed by atoms with E-state index >= 15 is 0 Å². The molecule has 1 saturated heterocycles. The van der Waals surface area contributed by atoms with Gasteiger partial charge in [0, 0.05) is 12.5 Å². The van der Waals surface area contributed by atoms with Crippen molar-refractivity contribution in [2.75, 3.05) is 0 Å². The standard InChI is InChI=1S/C12H18N2O2S/c1-6-3-8-9(4-6)12(16)14(11(8)15)7(2)5-10(13)17/h6-9H,3-5H2,1-2H3,(H2,13,17). The molecule has 2 fully saturated rings. The van der Waals surface area contributed by atoms with E-state index in [0.717, 1.165) is 12.8 Å². The van der Waals surface area contributed by atoms with E-state index in [0.29, 0.717) is 17.3 Å². The predicted octanol–water partition coefficient (Wildman–Crippen LogP) is 1.08. The van der Waals surface area contributed by atoms with Gasteiger partial charge in [0.05, 0.1) is 16.8 Å². The van der Waals surface area contributed by atoms with E-state index < -0.39 is 0 Å². The SMILES string of the molecule is CC1CC2C(=O)N(C(C)CC(N)=S)C(=O)C2C1. The molecule has 5 heteroatoms. The van der Waals surface area contributed by atoms with Gasteiger partial charge in [0.25, 0.3) is 0 Å². The molecule has 3 atom stereocenters. The molecule has 0 bridgehead atoms. The largest absolute Gasteiger partial charge is 0.393 e. The summed E-state index contributed by atoms with van der Waals surface area (Å²) in [5, 5.41) is 0. The highest BCUT2D eigenvalue weighted by molar-refractivity contribution is 7.80. The maximum absolute atomic E-state index is 12.2. The first-order valence-electron chi connectivity index (χ1n) is 6.07. The molecule has 0 spiro atoms. The Morgan fingerprint density at radius 2 is 1.88 bits per heavy atom. The molecule has 1 saturated carbocycles. The maximum atomic E-state index is 12.2. The molecular formula is C12H18N2O2S. The first-order chi connectivity index (χ1) is 7.91. The van der Waals surface area contributed by atoms with E-state index in [9.17, 15) is 9.59 Å². The molecule has 1 aliphatic carbocycles. The highest BCUT2D eigenvalue weighted by Crippen LogP contribution is 2.43. The number of hydrogen-bond acceptors (Lipinski definition) is 3. The van der Waals surface area contributed by atoms with Gasteiger partial charge in [-0.05, 0) is 25.7 Å². The lowest BCUT2D eigenvalue weighted by molar-refractivity contribution is -0.142. The topological polar surface area (TPSA) is 63.4 Å². The Kier molecular flexibility index (Phi) is 3.21. The minimum Gasteiger partial charge on any atom is -0.393 e. The minimum atomic E-state index is -0.201. The zero-order valence-corrected chi connectivity index (χ0v) is 11.0. The fourth-order valence-electron chi connectivity index (χ4n) is 3.12. The fraction of sp³-hybridized carbons (Fsp3) is 0.750. The number of thiocarbonyl (C=S) groups is 1. The van der Waals surface area contributed by atoms with Crippen molar-refractivity contribution in [2.45, 2.75) is 39.2 Å². The van der Waals surface area contributed by atoms with Crippen molar-refractivity contribution in [1.82, 2.24) is 4.90 Å². The number of nitrogens with two attached hydrogens (primary N) is 1. The number of carbonyl (C=O) groups excluding carboxylic acids is 2. The highest BCUT2D eigenvalue weighted by atomic mass is 32.1. The second-order valence-electron chi connectivity index (χ2n) is 5.36. The van der Waals surface area contributed by atoms with Crippen LogP contribution in [0.2, 0.25) is 0 Å². The van der Waals surface area contributed by atoms with Crippen LogP contribution in [0.25, 0.3) is 0 Å². The average molecular weight is 254 g/mol. The summed E-state index contributed by atoms with van der Waals surface area (Å²) in [7, 11) is 0. The number of amides is 2. The van der Waals surface area contributed by atoms with E-state index in [2.05, 4.69) is 6.92 Å². The fourth-order valence-corrected chi connectivity index (χ4v) is 3.36. The van der Waals surface area contributed by atoms with Crippen LogP contribution in [0.4, 0.5) is 0 Å². The van der Waals surface area contributed by atoms with E-state index in [1.165, 1.54) is 4.90 Å². The van der Waals surface area contributed by atoms with Gasteiger partial charge >= 0.3 is 0 Å². The van der Waals surface area contributed by atoms with Crippen LogP contribution in [-0.4, -0.2) is 27.7 Å². The lowest BCUT2D eigenvalue weighted by Crippen LogP contribution is -2.41. The van der Waals surface area contributed by atoms with Crippen molar-refractivity contribution >= 4 is 29.0 Å². The summed E-state index contributed by atoms with van der Waals surface area (Å²) in [6, 6.07) is -0.201. The van der Waals surface area contributed by atoms with Crippen LogP contribution in [-0.2, 0) is 9.59 Å². The second-order valence-corrected chi connectivity index (χ2v) is 5.88. The second kappa shape index (κ2) is 4.37. The Labute approximate surface area is 107 Å². The lowest BCUT2D eigenvalue weighted by atomic mass is 10.00. The molecule has 94 valence electrons. The Balaban J connectivity index is 2.14. The van der Waals surface area contributed by atoms with Gasteiger partial charge in [0.2, 0.25) is 11.8 Å². The van der Waals surface area contributed by atoms with Crippen molar-refractivity contribution in [3.05, 3.63) is 0 Å². The molecule has 1 heterocycles. The third-order valence-corrected chi connectivity index (χ3v) is 4.01. The van der Waals surface area contributed by atoms with Gasteiger partial charge in [-0.15, -0.1) is 0 Å². The average Bonchev–Trinajstić information content (AvgIpc) is 2.67. The smallest absolute Gasteiger partial charge is 0.233 e. The third-order valence-electron chi connectivity index (χ3n) is 3.84. The van der Waals surface area contributed by atoms with E-state index in [1.807, 2.05) is 6.92 Å². The van der Waals surface area contributed by atoms with Crippen LogP contribution in [0.1, 0.15) is 33.1 Å². The highest BCUT2D eigenvalue weighted by Gasteiger charge is 2.52. The molecule has 4 nitrogen and oxygen atoms in total. The third kappa shape index (κ3) is 2.08. The van der Waals surface area contributed by atoms with Gasteiger partial charge < -0.3 is 5.73 Å². The molecule has 0 aromatic carbocycles. The summed E-state index contributed by atoms with van der Waals surface area (Å²) in [6.07, 6.45) is 2.10. The molecule has 0 aromatic rings. The van der Waals surface area contributed by atoms with Crippen molar-refractivity contribution in [1.29, 1.82) is 0 Å². The molecule has 2 N–H and O–H groups in total. The zero-order chi connectivity index (χ0) is 12.7. The van der Waals surface area contributed by atoms with Crippen LogP contribution in [0, 0.1) is 17.8 Å². The van der Waals surface area contributed by atoms with Crippen molar-refractivity contribution in [3.63, 3.8) is 0 Å². The number of carbonyl (C=O) groups is 2. The Hall–Kier alpha value is -0.970. The normalized spacial score (nSPS) is 34.0. The van der Waals surface area contributed by atoms with Crippen LogP contribution in [0.3, 0.4) is 0 Å². The number of nitrogens with zero attached hydrogens (tertiary/aromatic N) is 1. The van der Waals surface area contributed by atoms with Gasteiger partial charge in [-0.3, -0.25) is 14.5 Å². The van der Waals surface area contributed by atoms with Gasteiger partial charge in [0.1, 0.15) is 0 Å². The minimum absolute atomic E-state index is 0.0203. The van der Waals surface area contributed by atoms with Crippen LogP contribution < -0.4 is 5.73 Å². The van der Waals surface area contributed by atoms with Crippen molar-refractivity contribution in [2.24, 2.45) is 23.5 Å². The first-order valence-corrected chi connectivity index (χ1v) is 6.47. The van der Waals surface area contributed by atoms with Crippen LogP contribution >= 0.6 is 12.2 Å². The van der Waals surface area contributed by atoms with E-state index in [-0.39, 0.29) is 29.7 Å². The van der Waals surface area contributed by atoms with Crippen molar-refractivity contribution < 1.29 is 9.59 Å². The molecule has 2 amide bonds. The monoisotopic (exact) mass is 254 g/mol. The summed E-state index contributed by atoms with van der Waals surface area (Å²) in [5.41, 5.74) is 5.47. The van der Waals surface area contributed by atoms with Crippen LogP contribution in [0.5, 0.6) is 0 Å². The Morgan fingerprint density at radius 1 is 1.41 bits per heavy atom. The Morgan fingerprint density at radius 3 is 2.29 bits per heavy atom. The van der Waals surface area contributed by atoms with Gasteiger partial charge in [-0.1, -0.05) is 19.1 Å². The molecular weight excluding hydrogens is 236 g/mol. The zero-order valence-electron chi connectivity index (χ0n) is 10.2. The molecule has 0 radical (unpaired) electrons. The van der Waals surface area contributed by atoms with E-state index in [4.69, 9.17) is 18.0 Å². The molecule has 1 aliphatic heterocycles. The quantitative estimate of drug-likeness (QED) is 0.605. The summed E-state index contributed by atoms with van der Waals surface area (Å²) in [6.45, 7) is 3.93. The van der Waals surface area contributed by atoms with Gasteiger partial charge in [-0.2, -0.15) is 0 Å². The van der Waals surface area contributed by atoms with Gasteiger partial charge in [0.15, 0.2) is 0 Å². The lowest BCUT2D eigenvalue weighted by Gasteiger charge is -2.23.